The molecule has 0 saturated carbocycles. The van der Waals surface area contributed by atoms with E-state index >= 15 is 0 Å². The van der Waals surface area contributed by atoms with Gasteiger partial charge in [0.25, 0.3) is 0 Å². The number of carbonyl (C=O) groups is 1. The van der Waals surface area contributed by atoms with Crippen molar-refractivity contribution in [1.29, 1.82) is 0 Å². The van der Waals surface area contributed by atoms with Crippen molar-refractivity contribution in [3.8, 4) is 0 Å². The fourth-order valence-corrected chi connectivity index (χ4v) is 3.13. The summed E-state index contributed by atoms with van der Waals surface area (Å²) in [4.78, 5) is 15.3. The molecule has 0 aliphatic heterocycles. The Kier molecular flexibility index (Phi) is 5.28. The summed E-state index contributed by atoms with van der Waals surface area (Å²) in [6.45, 7) is 2.63. The largest absolute Gasteiger partial charge is 0.294 e. The van der Waals surface area contributed by atoms with Crippen LogP contribution in [0, 0.1) is 11.6 Å². The minimum absolute atomic E-state index is 0.119. The number of sulfonamides is 1. The average molecular weight is 354 g/mol. The molecule has 1 aromatic carbocycles. The zero-order chi connectivity index (χ0) is 17.9. The van der Waals surface area contributed by atoms with Gasteiger partial charge in [-0.3, -0.25) is 14.1 Å². The van der Waals surface area contributed by atoms with E-state index in [-0.39, 0.29) is 23.8 Å². The van der Waals surface area contributed by atoms with Crippen LogP contribution in [0.4, 0.5) is 14.5 Å². The molecule has 0 saturated heterocycles. The fourth-order valence-electron chi connectivity index (χ4n) is 2.06. The van der Waals surface area contributed by atoms with Gasteiger partial charge in [-0.15, -0.1) is 0 Å². The molecule has 2 rings (SSSR count). The lowest BCUT2D eigenvalue weighted by atomic mass is 10.2. The van der Waals surface area contributed by atoms with Gasteiger partial charge in [0.05, 0.1) is 23.7 Å². The third-order valence-corrected chi connectivity index (χ3v) is 5.11. The number of pyridine rings is 1. The molecule has 128 valence electrons. The van der Waals surface area contributed by atoms with Crippen molar-refractivity contribution in [1.82, 2.24) is 4.98 Å². The van der Waals surface area contributed by atoms with E-state index in [1.54, 1.807) is 0 Å². The second kappa shape index (κ2) is 7.04. The average Bonchev–Trinajstić information content (AvgIpc) is 2.51. The molecular weight excluding hydrogens is 338 g/mol. The highest BCUT2D eigenvalue weighted by Crippen LogP contribution is 2.23. The van der Waals surface area contributed by atoms with Gasteiger partial charge in [0.1, 0.15) is 11.6 Å². The zero-order valence-corrected chi connectivity index (χ0v) is 14.0. The van der Waals surface area contributed by atoms with Crippen LogP contribution in [0.2, 0.25) is 0 Å². The number of carbonyl (C=O) groups excluding carboxylic acids is 1. The molecule has 5 nitrogen and oxygen atoms in total. The maximum Gasteiger partial charge on any atom is 0.235 e. The van der Waals surface area contributed by atoms with Crippen LogP contribution in [0.15, 0.2) is 36.5 Å². The van der Waals surface area contributed by atoms with Crippen LogP contribution < -0.4 is 4.31 Å². The highest BCUT2D eigenvalue weighted by atomic mass is 32.2. The van der Waals surface area contributed by atoms with Crippen LogP contribution in [0.3, 0.4) is 0 Å². The number of benzene rings is 1. The van der Waals surface area contributed by atoms with Gasteiger partial charge >= 0.3 is 0 Å². The summed E-state index contributed by atoms with van der Waals surface area (Å²) in [5.74, 6) is -2.15. The van der Waals surface area contributed by atoms with Gasteiger partial charge in [-0.05, 0) is 38.1 Å². The molecule has 0 aliphatic carbocycles. The van der Waals surface area contributed by atoms with Gasteiger partial charge in [0, 0.05) is 17.8 Å². The molecule has 0 radical (unpaired) electrons. The molecular formula is C16H16F2N2O3S. The lowest BCUT2D eigenvalue weighted by Gasteiger charge is -2.23. The van der Waals surface area contributed by atoms with E-state index < -0.39 is 21.7 Å². The van der Waals surface area contributed by atoms with Crippen LogP contribution in [0.25, 0.3) is 0 Å². The van der Waals surface area contributed by atoms with E-state index in [0.717, 1.165) is 16.4 Å². The highest BCUT2D eigenvalue weighted by molar-refractivity contribution is 7.92. The van der Waals surface area contributed by atoms with Crippen molar-refractivity contribution in [3.63, 3.8) is 0 Å². The minimum Gasteiger partial charge on any atom is -0.294 e. The Labute approximate surface area is 139 Å². The van der Waals surface area contributed by atoms with Crippen molar-refractivity contribution in [2.24, 2.45) is 0 Å². The summed E-state index contributed by atoms with van der Waals surface area (Å²) < 4.78 is 52.4. The number of hydrogen-bond donors (Lipinski definition) is 0. The lowest BCUT2D eigenvalue weighted by Crippen LogP contribution is -2.32. The van der Waals surface area contributed by atoms with E-state index in [1.807, 2.05) is 0 Å². The van der Waals surface area contributed by atoms with Gasteiger partial charge in [0.15, 0.2) is 5.78 Å². The summed E-state index contributed by atoms with van der Waals surface area (Å²) >= 11 is 0. The number of halogens is 2. The summed E-state index contributed by atoms with van der Waals surface area (Å²) in [5, 5.41) is 0. The maximum absolute atomic E-state index is 13.4. The summed E-state index contributed by atoms with van der Waals surface area (Å²) in [6.07, 6.45) is 1.33. The second-order valence-corrected chi connectivity index (χ2v) is 7.31. The normalized spacial score (nSPS) is 11.3. The Morgan fingerprint density at radius 2 is 1.79 bits per heavy atom. The Morgan fingerprint density at radius 1 is 1.17 bits per heavy atom. The highest BCUT2D eigenvalue weighted by Gasteiger charge is 2.22. The Bertz CT molecular complexity index is 832. The Balaban J connectivity index is 2.42. The molecule has 0 N–H and O–H groups in total. The van der Waals surface area contributed by atoms with Crippen molar-refractivity contribution in [2.45, 2.75) is 20.4 Å². The number of hydrogen-bond acceptors (Lipinski definition) is 4. The van der Waals surface area contributed by atoms with Crippen LogP contribution in [0.1, 0.15) is 29.9 Å². The molecule has 0 amide bonds. The van der Waals surface area contributed by atoms with Crippen LogP contribution in [-0.2, 0) is 16.6 Å². The van der Waals surface area contributed by atoms with E-state index in [2.05, 4.69) is 4.98 Å². The molecule has 0 spiro atoms. The van der Waals surface area contributed by atoms with E-state index in [1.165, 1.54) is 32.2 Å². The lowest BCUT2D eigenvalue weighted by molar-refractivity contribution is 0.101. The molecule has 0 atom stereocenters. The first-order valence-corrected chi connectivity index (χ1v) is 8.76. The number of Topliss-reactive ketones (excluding diaryl/α,β-unsaturated/α-hetero) is 1. The van der Waals surface area contributed by atoms with Gasteiger partial charge in [-0.1, -0.05) is 0 Å². The van der Waals surface area contributed by atoms with Gasteiger partial charge in [-0.25, -0.2) is 17.2 Å². The topological polar surface area (TPSA) is 67.3 Å². The first kappa shape index (κ1) is 18.0. The number of anilines is 1. The third kappa shape index (κ3) is 4.14. The first-order chi connectivity index (χ1) is 11.2. The van der Waals surface area contributed by atoms with Crippen molar-refractivity contribution < 1.29 is 22.0 Å². The summed E-state index contributed by atoms with van der Waals surface area (Å²) in [7, 11) is -3.78. The van der Waals surface area contributed by atoms with Crippen LogP contribution in [0.5, 0.6) is 0 Å². The Morgan fingerprint density at radius 3 is 2.25 bits per heavy atom. The molecule has 0 aliphatic rings. The minimum atomic E-state index is -3.78. The molecule has 8 heteroatoms. The molecule has 24 heavy (non-hydrogen) atoms. The smallest absolute Gasteiger partial charge is 0.235 e. The second-order valence-electron chi connectivity index (χ2n) is 5.13. The number of nitrogens with zero attached hydrogens (tertiary/aromatic N) is 2. The number of ketones is 1. The van der Waals surface area contributed by atoms with E-state index in [0.29, 0.717) is 17.3 Å². The number of aromatic nitrogens is 1. The fraction of sp³-hybridized carbons (Fsp3) is 0.250. The molecule has 1 aromatic heterocycles. The number of rotatable bonds is 6. The van der Waals surface area contributed by atoms with Gasteiger partial charge in [-0.2, -0.15) is 0 Å². The van der Waals surface area contributed by atoms with Gasteiger partial charge < -0.3 is 0 Å². The summed E-state index contributed by atoms with van der Waals surface area (Å²) in [6, 6.07) is 5.58. The molecule has 0 fully saturated rings. The van der Waals surface area contributed by atoms with Crippen molar-refractivity contribution in [2.75, 3.05) is 10.1 Å². The zero-order valence-electron chi connectivity index (χ0n) is 13.2. The van der Waals surface area contributed by atoms with Crippen molar-refractivity contribution in [3.05, 3.63) is 59.4 Å². The van der Waals surface area contributed by atoms with E-state index in [4.69, 9.17) is 0 Å². The Hall–Kier alpha value is -2.35. The molecule has 2 aromatic rings. The molecule has 0 unspecified atom stereocenters. The predicted octanol–water partition coefficient (Wildman–Crippen LogP) is 2.92. The molecule has 1 heterocycles. The van der Waals surface area contributed by atoms with Crippen LogP contribution >= 0.6 is 0 Å². The third-order valence-electron chi connectivity index (χ3n) is 3.37. The quantitative estimate of drug-likeness (QED) is 0.748. The first-order valence-electron chi connectivity index (χ1n) is 7.15. The summed E-state index contributed by atoms with van der Waals surface area (Å²) in [5.41, 5.74) is 0.619. The predicted molar refractivity (Wildman–Crippen MR) is 86.2 cm³/mol. The van der Waals surface area contributed by atoms with E-state index in [9.17, 15) is 22.0 Å². The van der Waals surface area contributed by atoms with Crippen LogP contribution in [-0.4, -0.2) is 24.9 Å². The van der Waals surface area contributed by atoms with Crippen molar-refractivity contribution >= 4 is 21.5 Å². The standard InChI is InChI=1S/C16H16F2N2O3S/c1-3-24(22,23)20(16-7-13(17)6-14(18)8-16)10-15-5-4-12(9-19-15)11(2)21/h4-9H,3,10H2,1-2H3. The monoisotopic (exact) mass is 354 g/mol. The van der Waals surface area contributed by atoms with Gasteiger partial charge in [0.2, 0.25) is 10.0 Å². The SMILES string of the molecule is CCS(=O)(=O)N(Cc1ccc(C(C)=O)cn1)c1cc(F)cc(F)c1. The molecule has 0 bridgehead atoms. The maximum atomic E-state index is 13.4.